The highest BCUT2D eigenvalue weighted by Gasteiger charge is 2.10. The van der Waals surface area contributed by atoms with Crippen LogP contribution in [0.5, 0.6) is 0 Å². The summed E-state index contributed by atoms with van der Waals surface area (Å²) >= 11 is 3.51. The van der Waals surface area contributed by atoms with Crippen LogP contribution in [0.4, 0.5) is 0 Å². The number of hydrogen-bond donors (Lipinski definition) is 1. The summed E-state index contributed by atoms with van der Waals surface area (Å²) in [6.07, 6.45) is 4.00. The van der Waals surface area contributed by atoms with Gasteiger partial charge in [0.15, 0.2) is 0 Å². The van der Waals surface area contributed by atoms with E-state index in [4.69, 9.17) is 4.42 Å². The summed E-state index contributed by atoms with van der Waals surface area (Å²) < 4.78 is 5.72. The number of thiazole rings is 1. The van der Waals surface area contributed by atoms with Crippen molar-refractivity contribution in [3.8, 4) is 0 Å². The molecule has 0 aliphatic rings. The predicted molar refractivity (Wildman–Crippen MR) is 78.0 cm³/mol. The zero-order valence-corrected chi connectivity index (χ0v) is 12.5. The van der Waals surface area contributed by atoms with Crippen molar-refractivity contribution in [2.45, 2.75) is 32.2 Å². The Morgan fingerprint density at radius 3 is 2.89 bits per heavy atom. The van der Waals surface area contributed by atoms with Gasteiger partial charge in [-0.05, 0) is 32.2 Å². The third-order valence-electron chi connectivity index (χ3n) is 2.60. The van der Waals surface area contributed by atoms with Crippen LogP contribution in [0, 0.1) is 6.92 Å². The van der Waals surface area contributed by atoms with Gasteiger partial charge in [0, 0.05) is 11.1 Å². The lowest BCUT2D eigenvalue weighted by Crippen LogP contribution is -2.17. The second-order valence-corrected chi connectivity index (χ2v) is 6.35. The molecule has 1 N–H and O–H groups in total. The van der Waals surface area contributed by atoms with E-state index in [1.165, 1.54) is 4.88 Å². The van der Waals surface area contributed by atoms with Gasteiger partial charge in [-0.1, -0.05) is 0 Å². The summed E-state index contributed by atoms with van der Waals surface area (Å²) in [7, 11) is 0. The average Bonchev–Trinajstić information content (AvgIpc) is 2.96. The van der Waals surface area contributed by atoms with E-state index in [2.05, 4.69) is 30.4 Å². The fourth-order valence-electron chi connectivity index (χ4n) is 1.65. The molecule has 2 rings (SSSR count). The van der Waals surface area contributed by atoms with E-state index in [-0.39, 0.29) is 6.04 Å². The van der Waals surface area contributed by atoms with E-state index in [0.717, 1.165) is 28.8 Å². The normalized spacial score (nSPS) is 12.8. The van der Waals surface area contributed by atoms with Crippen LogP contribution >= 0.6 is 23.1 Å². The highest BCUT2D eigenvalue weighted by atomic mass is 32.2. The van der Waals surface area contributed by atoms with Gasteiger partial charge >= 0.3 is 0 Å². The molecule has 1 atom stereocenters. The Hall–Kier alpha value is -0.780. The number of nitrogens with zero attached hydrogens (tertiary/aromatic N) is 1. The predicted octanol–water partition coefficient (Wildman–Crippen LogP) is 3.76. The van der Waals surface area contributed by atoms with Crippen LogP contribution in [0.2, 0.25) is 0 Å². The van der Waals surface area contributed by atoms with Crippen molar-refractivity contribution >= 4 is 23.1 Å². The first-order valence-electron chi connectivity index (χ1n) is 5.91. The van der Waals surface area contributed by atoms with E-state index in [0.29, 0.717) is 0 Å². The fourth-order valence-corrected chi connectivity index (χ4v) is 2.89. The molecule has 0 aliphatic carbocycles. The van der Waals surface area contributed by atoms with Crippen molar-refractivity contribution < 1.29 is 4.42 Å². The maximum Gasteiger partial charge on any atom is 0.118 e. The number of nitrogens with one attached hydrogen (secondary N) is 1. The van der Waals surface area contributed by atoms with Gasteiger partial charge in [-0.3, -0.25) is 0 Å². The monoisotopic (exact) mass is 282 g/mol. The molecule has 0 bridgehead atoms. The van der Waals surface area contributed by atoms with E-state index < -0.39 is 0 Å². The molecule has 98 valence electrons. The Kier molecular flexibility index (Phi) is 4.86. The molecule has 0 amide bonds. The molecule has 0 fully saturated rings. The average molecular weight is 282 g/mol. The van der Waals surface area contributed by atoms with Crippen LogP contribution < -0.4 is 5.32 Å². The molecule has 0 aliphatic heterocycles. The maximum atomic E-state index is 5.72. The summed E-state index contributed by atoms with van der Waals surface area (Å²) in [5, 5.41) is 4.56. The maximum absolute atomic E-state index is 5.72. The second-order valence-electron chi connectivity index (χ2n) is 4.21. The lowest BCUT2D eigenvalue weighted by Gasteiger charge is -2.09. The molecule has 2 aromatic heterocycles. The molecule has 18 heavy (non-hydrogen) atoms. The molecule has 0 radical (unpaired) electrons. The molecule has 1 unspecified atom stereocenters. The van der Waals surface area contributed by atoms with Crippen LogP contribution in [0.1, 0.15) is 34.4 Å². The Labute approximate surface area is 116 Å². The Morgan fingerprint density at radius 1 is 1.44 bits per heavy atom. The van der Waals surface area contributed by atoms with E-state index in [1.54, 1.807) is 23.1 Å². The summed E-state index contributed by atoms with van der Waals surface area (Å²) in [6.45, 7) is 4.95. The van der Waals surface area contributed by atoms with Crippen molar-refractivity contribution in [3.63, 3.8) is 0 Å². The molecular formula is C13H18N2OS2. The van der Waals surface area contributed by atoms with Gasteiger partial charge in [0.25, 0.3) is 0 Å². The Bertz CT molecular complexity index is 493. The summed E-state index contributed by atoms with van der Waals surface area (Å²) in [5.74, 6) is 2.96. The van der Waals surface area contributed by atoms with Crippen LogP contribution in [0.15, 0.2) is 22.7 Å². The molecule has 0 aromatic carbocycles. The highest BCUT2D eigenvalue weighted by Crippen LogP contribution is 2.20. The zero-order valence-electron chi connectivity index (χ0n) is 10.9. The van der Waals surface area contributed by atoms with Crippen LogP contribution in [0.25, 0.3) is 0 Å². The summed E-state index contributed by atoms with van der Waals surface area (Å²) in [5.41, 5.74) is 0. The van der Waals surface area contributed by atoms with Gasteiger partial charge in [0.05, 0.1) is 18.3 Å². The van der Waals surface area contributed by atoms with Crippen molar-refractivity contribution in [3.05, 3.63) is 39.7 Å². The SMILES string of the molecule is CSCc1ccc(CNC(C)c2ncc(C)s2)o1. The van der Waals surface area contributed by atoms with Gasteiger partial charge in [-0.25, -0.2) is 4.98 Å². The first kappa shape index (κ1) is 13.6. The lowest BCUT2D eigenvalue weighted by molar-refractivity contribution is 0.442. The third-order valence-corrected chi connectivity index (χ3v) is 4.26. The van der Waals surface area contributed by atoms with Gasteiger partial charge in [0.2, 0.25) is 0 Å². The van der Waals surface area contributed by atoms with Gasteiger partial charge in [-0.15, -0.1) is 11.3 Å². The molecule has 2 aromatic rings. The standard InChI is InChI=1S/C13H18N2OS2/c1-9-6-15-13(18-9)10(2)14-7-11-4-5-12(16-11)8-17-3/h4-6,10,14H,7-8H2,1-3H3. The number of hydrogen-bond acceptors (Lipinski definition) is 5. The molecule has 5 heteroatoms. The number of aromatic nitrogens is 1. The fraction of sp³-hybridized carbons (Fsp3) is 0.462. The van der Waals surface area contributed by atoms with Crippen molar-refractivity contribution in [1.82, 2.24) is 10.3 Å². The quantitative estimate of drug-likeness (QED) is 0.875. The molecule has 0 saturated heterocycles. The van der Waals surface area contributed by atoms with Crippen molar-refractivity contribution in [1.29, 1.82) is 0 Å². The summed E-state index contributed by atoms with van der Waals surface area (Å²) in [6, 6.07) is 4.35. The van der Waals surface area contributed by atoms with Crippen molar-refractivity contribution in [2.24, 2.45) is 0 Å². The topological polar surface area (TPSA) is 38.1 Å². The Morgan fingerprint density at radius 2 is 2.22 bits per heavy atom. The Balaban J connectivity index is 1.86. The third kappa shape index (κ3) is 3.60. The molecule has 3 nitrogen and oxygen atoms in total. The highest BCUT2D eigenvalue weighted by molar-refractivity contribution is 7.97. The minimum atomic E-state index is 0.262. The molecule has 0 saturated carbocycles. The van der Waals surface area contributed by atoms with E-state index >= 15 is 0 Å². The van der Waals surface area contributed by atoms with Crippen LogP contribution in [-0.2, 0) is 12.3 Å². The van der Waals surface area contributed by atoms with E-state index in [9.17, 15) is 0 Å². The second kappa shape index (κ2) is 6.41. The van der Waals surface area contributed by atoms with Gasteiger partial charge in [0.1, 0.15) is 16.5 Å². The number of thioether (sulfide) groups is 1. The summed E-state index contributed by atoms with van der Waals surface area (Å²) in [4.78, 5) is 5.63. The lowest BCUT2D eigenvalue weighted by atomic mass is 10.3. The van der Waals surface area contributed by atoms with Crippen LogP contribution in [0.3, 0.4) is 0 Å². The largest absolute Gasteiger partial charge is 0.464 e. The van der Waals surface area contributed by atoms with Crippen LogP contribution in [-0.4, -0.2) is 11.2 Å². The number of aryl methyl sites for hydroxylation is 1. The minimum absolute atomic E-state index is 0.262. The zero-order chi connectivity index (χ0) is 13.0. The molecular weight excluding hydrogens is 264 g/mol. The first-order chi connectivity index (χ1) is 8.69. The molecule has 0 spiro atoms. The number of furan rings is 1. The minimum Gasteiger partial charge on any atom is -0.464 e. The van der Waals surface area contributed by atoms with E-state index in [1.807, 2.05) is 18.3 Å². The molecule has 2 heterocycles. The first-order valence-corrected chi connectivity index (χ1v) is 8.12. The van der Waals surface area contributed by atoms with Gasteiger partial charge < -0.3 is 9.73 Å². The number of rotatable bonds is 6. The van der Waals surface area contributed by atoms with Crippen molar-refractivity contribution in [2.75, 3.05) is 6.26 Å². The smallest absolute Gasteiger partial charge is 0.118 e. The van der Waals surface area contributed by atoms with Gasteiger partial charge in [-0.2, -0.15) is 11.8 Å².